The van der Waals surface area contributed by atoms with Gasteiger partial charge in [-0.3, -0.25) is 0 Å². The molecule has 1 aliphatic heterocycles. The maximum absolute atomic E-state index is 15.1. The zero-order valence-electron chi connectivity index (χ0n) is 20.1. The highest BCUT2D eigenvalue weighted by atomic mass is 19.1. The van der Waals surface area contributed by atoms with Crippen LogP contribution >= 0.6 is 0 Å². The van der Waals surface area contributed by atoms with Crippen molar-refractivity contribution in [1.29, 1.82) is 0 Å². The molecule has 1 N–H and O–H groups in total. The molecule has 3 aromatic rings. The molecule has 1 aliphatic carbocycles. The normalized spacial score (nSPS) is 18.3. The summed E-state index contributed by atoms with van der Waals surface area (Å²) in [5.74, 6) is -1.17. The number of ether oxygens (including phenoxy) is 1. The number of rotatable bonds is 6. The molecule has 1 unspecified atom stereocenters. The van der Waals surface area contributed by atoms with Gasteiger partial charge in [0.1, 0.15) is 12.1 Å². The van der Waals surface area contributed by atoms with E-state index in [2.05, 4.69) is 37.0 Å². The number of aryl methyl sites for hydroxylation is 1. The van der Waals surface area contributed by atoms with Gasteiger partial charge in [0.25, 0.3) is 5.88 Å². The van der Waals surface area contributed by atoms with E-state index in [9.17, 15) is 0 Å². The molecular weight excluding hydrogens is 452 g/mol. The third kappa shape index (κ3) is 4.58. The van der Waals surface area contributed by atoms with E-state index in [1.807, 2.05) is 30.7 Å². The number of pyridine rings is 1. The Labute approximate surface area is 202 Å². The number of halogens is 2. The van der Waals surface area contributed by atoms with Gasteiger partial charge in [-0.2, -0.15) is 9.37 Å². The number of nitrogens with zero attached hydrogens (tertiary/aromatic N) is 6. The van der Waals surface area contributed by atoms with E-state index in [0.29, 0.717) is 11.0 Å². The summed E-state index contributed by atoms with van der Waals surface area (Å²) in [5, 5.41) is 4.14. The largest absolute Gasteiger partial charge is 0.464 e. The lowest BCUT2D eigenvalue weighted by molar-refractivity contribution is 0.223. The summed E-state index contributed by atoms with van der Waals surface area (Å²) < 4.78 is 37.8. The maximum atomic E-state index is 15.1. The average molecular weight is 482 g/mol. The first-order valence-corrected chi connectivity index (χ1v) is 11.8. The Kier molecular flexibility index (Phi) is 6.38. The lowest BCUT2D eigenvalue weighted by Gasteiger charge is -2.35. The summed E-state index contributed by atoms with van der Waals surface area (Å²) >= 11 is 0. The van der Waals surface area contributed by atoms with Crippen molar-refractivity contribution in [3.8, 4) is 5.88 Å². The van der Waals surface area contributed by atoms with Crippen LogP contribution in [0, 0.1) is 12.7 Å². The Bertz CT molecular complexity index is 1330. The quantitative estimate of drug-likeness (QED) is 0.579. The van der Waals surface area contributed by atoms with Gasteiger partial charge in [-0.25, -0.2) is 14.4 Å². The van der Waals surface area contributed by atoms with Crippen molar-refractivity contribution in [1.82, 2.24) is 24.4 Å². The number of hydrogen-bond acceptors (Lipinski definition) is 7. The van der Waals surface area contributed by atoms with E-state index >= 15 is 8.78 Å². The van der Waals surface area contributed by atoms with Crippen molar-refractivity contribution < 1.29 is 13.5 Å². The van der Waals surface area contributed by atoms with Crippen LogP contribution in [0.2, 0.25) is 0 Å². The summed E-state index contributed by atoms with van der Waals surface area (Å²) in [5.41, 5.74) is 1.96. The van der Waals surface area contributed by atoms with Gasteiger partial charge in [-0.15, -0.1) is 0 Å². The van der Waals surface area contributed by atoms with Crippen LogP contribution in [0.3, 0.4) is 0 Å². The Morgan fingerprint density at radius 1 is 1.11 bits per heavy atom. The summed E-state index contributed by atoms with van der Waals surface area (Å²) in [4.78, 5) is 17.0. The maximum Gasteiger partial charge on any atom is 0.256 e. The zero-order valence-corrected chi connectivity index (χ0v) is 20.1. The van der Waals surface area contributed by atoms with Gasteiger partial charge < -0.3 is 24.4 Å². The average Bonchev–Trinajstić information content (AvgIpc) is 3.18. The topological polar surface area (TPSA) is 71.3 Å². The molecule has 8 nitrogen and oxygen atoms in total. The highest BCUT2D eigenvalue weighted by Gasteiger charge is 2.25. The number of likely N-dealkylation sites (N-methyl/N-ethyl adjacent to an activating group) is 1. The number of piperazine rings is 1. The summed E-state index contributed by atoms with van der Waals surface area (Å²) in [6.07, 6.45) is 4.17. The van der Waals surface area contributed by atoms with E-state index in [1.54, 1.807) is 18.3 Å². The molecule has 1 saturated heterocycles. The van der Waals surface area contributed by atoms with Crippen LogP contribution in [0.1, 0.15) is 19.0 Å². The van der Waals surface area contributed by atoms with Gasteiger partial charge in [0, 0.05) is 55.9 Å². The van der Waals surface area contributed by atoms with Crippen molar-refractivity contribution in [2.45, 2.75) is 26.4 Å². The highest BCUT2D eigenvalue weighted by molar-refractivity contribution is 5.57. The Morgan fingerprint density at radius 3 is 2.63 bits per heavy atom. The number of hydrogen-bond donors (Lipinski definition) is 1. The van der Waals surface area contributed by atoms with Crippen molar-refractivity contribution in [3.05, 3.63) is 52.8 Å². The molecule has 10 heteroatoms. The van der Waals surface area contributed by atoms with Crippen molar-refractivity contribution >= 4 is 29.2 Å². The molecule has 0 amide bonds. The molecular formula is C25H29F2N7O. The smallest absolute Gasteiger partial charge is 0.256 e. The second-order valence-electron chi connectivity index (χ2n) is 8.83. The minimum absolute atomic E-state index is 0.0803. The minimum atomic E-state index is -0.952. The van der Waals surface area contributed by atoms with Crippen LogP contribution in [0.15, 0.2) is 30.7 Å². The van der Waals surface area contributed by atoms with Crippen molar-refractivity contribution in [2.75, 3.05) is 42.9 Å². The van der Waals surface area contributed by atoms with E-state index in [1.165, 1.54) is 6.33 Å². The first-order valence-electron chi connectivity index (χ1n) is 11.8. The van der Waals surface area contributed by atoms with E-state index in [-0.39, 0.29) is 18.1 Å². The fraction of sp³-hybridized carbons (Fsp3) is 0.400. The zero-order chi connectivity index (χ0) is 24.5. The monoisotopic (exact) mass is 481 g/mol. The molecule has 0 aromatic carbocycles. The van der Waals surface area contributed by atoms with Gasteiger partial charge in [0.05, 0.1) is 11.9 Å². The van der Waals surface area contributed by atoms with E-state index in [4.69, 9.17) is 4.74 Å². The molecule has 35 heavy (non-hydrogen) atoms. The second kappa shape index (κ2) is 9.61. The van der Waals surface area contributed by atoms with Gasteiger partial charge in [0.2, 0.25) is 5.82 Å². The number of fused-ring (bicyclic) bond motifs is 1. The van der Waals surface area contributed by atoms with Crippen LogP contribution in [0.25, 0.3) is 11.9 Å². The highest BCUT2D eigenvalue weighted by Crippen LogP contribution is 2.27. The third-order valence-electron chi connectivity index (χ3n) is 6.78. The molecule has 0 spiro atoms. The van der Waals surface area contributed by atoms with Crippen LogP contribution in [0.5, 0.6) is 5.88 Å². The summed E-state index contributed by atoms with van der Waals surface area (Å²) in [6, 6.07) is 5.50. The summed E-state index contributed by atoms with van der Waals surface area (Å²) in [6.45, 7) is 9.06. The number of aromatic nitrogens is 4. The van der Waals surface area contributed by atoms with Crippen molar-refractivity contribution in [2.24, 2.45) is 7.05 Å². The van der Waals surface area contributed by atoms with Crippen molar-refractivity contribution in [3.63, 3.8) is 0 Å². The molecule has 5 rings (SSSR count). The predicted molar refractivity (Wildman–Crippen MR) is 131 cm³/mol. The Morgan fingerprint density at radius 2 is 1.91 bits per heavy atom. The van der Waals surface area contributed by atoms with Gasteiger partial charge in [-0.1, -0.05) is 13.0 Å². The van der Waals surface area contributed by atoms with Crippen LogP contribution in [-0.2, 0) is 7.05 Å². The third-order valence-corrected chi connectivity index (χ3v) is 6.78. The number of anilines is 3. The Balaban J connectivity index is 1.29. The molecule has 2 aliphatic rings. The van der Waals surface area contributed by atoms with Gasteiger partial charge in [-0.05, 0) is 31.7 Å². The number of nitrogens with one attached hydrogen (secondary N) is 1. The fourth-order valence-electron chi connectivity index (χ4n) is 4.53. The summed E-state index contributed by atoms with van der Waals surface area (Å²) in [7, 11) is 1.88. The van der Waals surface area contributed by atoms with Gasteiger partial charge >= 0.3 is 0 Å². The van der Waals surface area contributed by atoms with E-state index in [0.717, 1.165) is 49.5 Å². The molecule has 184 valence electrons. The molecule has 3 aromatic heterocycles. The molecule has 0 radical (unpaired) electrons. The molecule has 4 heterocycles. The van der Waals surface area contributed by atoms with Crippen LogP contribution in [0.4, 0.5) is 26.1 Å². The molecule has 0 bridgehead atoms. The molecule has 1 atom stereocenters. The molecule has 1 fully saturated rings. The van der Waals surface area contributed by atoms with Gasteiger partial charge in [0.15, 0.2) is 17.7 Å². The standard InChI is InChI=1S/C25H29F2N7O/c1-4-33-9-11-34(12-10-33)17-5-8-21(28-14-17)31-24-23(27)25(30-15-29-24)35-20-7-6-19-18(22(20)26)13-16(2)32(19)3/h5-6,8,13-15,20H,4,7,9-12H2,1-3H3,(H,28,29,30,31). The van der Waals surface area contributed by atoms with Crippen LogP contribution < -0.4 is 25.5 Å². The van der Waals surface area contributed by atoms with E-state index < -0.39 is 17.7 Å². The predicted octanol–water partition coefficient (Wildman–Crippen LogP) is 2.25. The first kappa shape index (κ1) is 23.2. The second-order valence-corrected chi connectivity index (χ2v) is 8.83. The first-order chi connectivity index (χ1) is 16.9. The SMILES string of the molecule is CCN1CCN(c2ccc(Nc3ncnc(OC4CC=c5c(cc(C)n5C)=C4F)c3F)nc2)CC1. The van der Waals surface area contributed by atoms with Crippen LogP contribution in [-0.4, -0.2) is 63.2 Å². The Hall–Kier alpha value is -3.53. The lowest BCUT2D eigenvalue weighted by atomic mass is 10.1. The molecule has 0 saturated carbocycles. The lowest BCUT2D eigenvalue weighted by Crippen LogP contribution is -2.46. The fourth-order valence-corrected chi connectivity index (χ4v) is 4.53. The minimum Gasteiger partial charge on any atom is -0.464 e.